The Bertz CT molecular complexity index is 1610. The van der Waals surface area contributed by atoms with Crippen molar-refractivity contribution in [1.82, 2.24) is 0 Å². The summed E-state index contributed by atoms with van der Waals surface area (Å²) in [5.41, 5.74) is 1.96. The van der Waals surface area contributed by atoms with Gasteiger partial charge in [-0.15, -0.1) is 23.1 Å². The third-order valence-corrected chi connectivity index (χ3v) is 8.28. The van der Waals surface area contributed by atoms with Gasteiger partial charge < -0.3 is 20.7 Å². The molecule has 1 heterocycles. The molecule has 4 rings (SSSR count). The zero-order valence-electron chi connectivity index (χ0n) is 23.0. The smallest absolute Gasteiger partial charge is 0.341 e. The molecule has 1 aromatic heterocycles. The molecule has 0 aliphatic carbocycles. The molecular formula is C31H28FN3O5S2. The van der Waals surface area contributed by atoms with Crippen LogP contribution in [0, 0.1) is 12.7 Å². The number of thiophene rings is 1. The van der Waals surface area contributed by atoms with Crippen LogP contribution < -0.4 is 16.0 Å². The van der Waals surface area contributed by atoms with Gasteiger partial charge in [0.05, 0.1) is 22.3 Å². The molecule has 0 aliphatic rings. The van der Waals surface area contributed by atoms with Crippen molar-refractivity contribution >= 4 is 63.2 Å². The van der Waals surface area contributed by atoms with Gasteiger partial charge >= 0.3 is 5.97 Å². The van der Waals surface area contributed by atoms with Gasteiger partial charge in [0.15, 0.2) is 0 Å². The maximum absolute atomic E-state index is 13.2. The Kier molecular flexibility index (Phi) is 10.1. The van der Waals surface area contributed by atoms with E-state index in [0.29, 0.717) is 27.4 Å². The zero-order valence-corrected chi connectivity index (χ0v) is 24.7. The van der Waals surface area contributed by atoms with Crippen LogP contribution in [0.1, 0.15) is 49.8 Å². The first-order chi connectivity index (χ1) is 20.2. The second-order valence-electron chi connectivity index (χ2n) is 9.04. The molecular weight excluding hydrogens is 577 g/mol. The van der Waals surface area contributed by atoms with Crippen molar-refractivity contribution < 1.29 is 28.3 Å². The SMILES string of the molecule is CCOC(=O)c1c(NC(=O)C(C)Sc2cccc(NC(=O)c3ccc(F)cc3)c2)sc(C(=O)Nc2ccccc2)c1C. The standard InChI is InChI=1S/C31H28FN3O5S2/c1-4-40-31(39)25-18(2)26(29(38)33-22-9-6-5-7-10-22)42-30(25)35-27(36)19(3)41-24-12-8-11-23(17-24)34-28(37)20-13-15-21(32)16-14-20/h5-17,19H,4H2,1-3H3,(H,33,38)(H,34,37)(H,35,36). The quantitative estimate of drug-likeness (QED) is 0.133. The minimum atomic E-state index is -0.634. The van der Waals surface area contributed by atoms with Gasteiger partial charge in [-0.3, -0.25) is 14.4 Å². The number of nitrogens with one attached hydrogen (secondary N) is 3. The summed E-state index contributed by atoms with van der Waals surface area (Å²) in [6.45, 7) is 5.16. The van der Waals surface area contributed by atoms with E-state index in [2.05, 4.69) is 16.0 Å². The van der Waals surface area contributed by atoms with Crippen molar-refractivity contribution in [3.63, 3.8) is 0 Å². The number of para-hydroxylation sites is 1. The molecule has 1 atom stereocenters. The highest BCUT2D eigenvalue weighted by atomic mass is 32.2. The molecule has 11 heteroatoms. The van der Waals surface area contributed by atoms with Crippen LogP contribution in [0.25, 0.3) is 0 Å². The lowest BCUT2D eigenvalue weighted by atomic mass is 10.1. The Labute approximate surface area is 250 Å². The third kappa shape index (κ3) is 7.62. The molecule has 0 saturated heterocycles. The zero-order chi connectivity index (χ0) is 30.2. The van der Waals surface area contributed by atoms with Crippen LogP contribution in [-0.4, -0.2) is 35.5 Å². The first kappa shape index (κ1) is 30.5. The fraction of sp³-hybridized carbons (Fsp3) is 0.161. The molecule has 3 amide bonds. The number of halogens is 1. The van der Waals surface area contributed by atoms with E-state index in [1.165, 1.54) is 36.0 Å². The second-order valence-corrected chi connectivity index (χ2v) is 11.5. The van der Waals surface area contributed by atoms with Crippen LogP contribution in [0.2, 0.25) is 0 Å². The van der Waals surface area contributed by atoms with E-state index in [1.54, 1.807) is 69.3 Å². The lowest BCUT2D eigenvalue weighted by Crippen LogP contribution is -2.23. The molecule has 216 valence electrons. The molecule has 0 aliphatic heterocycles. The van der Waals surface area contributed by atoms with E-state index in [4.69, 9.17) is 4.74 Å². The van der Waals surface area contributed by atoms with E-state index >= 15 is 0 Å². The molecule has 0 saturated carbocycles. The van der Waals surface area contributed by atoms with E-state index in [9.17, 15) is 23.6 Å². The number of thioether (sulfide) groups is 1. The summed E-state index contributed by atoms with van der Waals surface area (Å²) in [5.74, 6) is -2.25. The average molecular weight is 606 g/mol. The van der Waals surface area contributed by atoms with Crippen molar-refractivity contribution in [2.24, 2.45) is 0 Å². The summed E-state index contributed by atoms with van der Waals surface area (Å²) in [7, 11) is 0. The summed E-state index contributed by atoms with van der Waals surface area (Å²) in [6, 6.07) is 21.1. The molecule has 1 unspecified atom stereocenters. The van der Waals surface area contributed by atoms with Crippen LogP contribution in [-0.2, 0) is 9.53 Å². The number of esters is 1. The number of hydrogen-bond donors (Lipinski definition) is 3. The number of anilines is 3. The van der Waals surface area contributed by atoms with Gasteiger partial charge in [0.25, 0.3) is 11.8 Å². The predicted octanol–water partition coefficient (Wildman–Crippen LogP) is 7.00. The van der Waals surface area contributed by atoms with Crippen LogP contribution >= 0.6 is 23.1 Å². The predicted molar refractivity (Wildman–Crippen MR) is 164 cm³/mol. The fourth-order valence-electron chi connectivity index (χ4n) is 3.90. The second kappa shape index (κ2) is 13.9. The lowest BCUT2D eigenvalue weighted by Gasteiger charge is -2.13. The lowest BCUT2D eigenvalue weighted by molar-refractivity contribution is -0.115. The number of ether oxygens (including phenoxy) is 1. The highest BCUT2D eigenvalue weighted by molar-refractivity contribution is 8.00. The fourth-order valence-corrected chi connectivity index (χ4v) is 5.92. The molecule has 0 fully saturated rings. The van der Waals surface area contributed by atoms with E-state index in [0.717, 1.165) is 11.3 Å². The van der Waals surface area contributed by atoms with Gasteiger partial charge in [-0.05, 0) is 80.9 Å². The highest BCUT2D eigenvalue weighted by Crippen LogP contribution is 2.35. The Hall–Kier alpha value is -4.48. The molecule has 4 aromatic rings. The molecule has 0 spiro atoms. The first-order valence-electron chi connectivity index (χ1n) is 13.0. The molecule has 8 nitrogen and oxygen atoms in total. The Balaban J connectivity index is 1.48. The van der Waals surface area contributed by atoms with Gasteiger partial charge in [-0.1, -0.05) is 24.3 Å². The number of rotatable bonds is 10. The van der Waals surface area contributed by atoms with E-state index in [-0.39, 0.29) is 28.0 Å². The summed E-state index contributed by atoms with van der Waals surface area (Å²) in [4.78, 5) is 52.6. The average Bonchev–Trinajstić information content (AvgIpc) is 3.29. The molecule has 3 N–H and O–H groups in total. The van der Waals surface area contributed by atoms with Crippen molar-refractivity contribution in [3.05, 3.63) is 106 Å². The summed E-state index contributed by atoms with van der Waals surface area (Å²) in [6.07, 6.45) is 0. The van der Waals surface area contributed by atoms with Crippen LogP contribution in [0.3, 0.4) is 0 Å². The van der Waals surface area contributed by atoms with Crippen LogP contribution in [0.4, 0.5) is 20.8 Å². The number of benzene rings is 3. The molecule has 0 radical (unpaired) electrons. The van der Waals surface area contributed by atoms with Crippen molar-refractivity contribution in [1.29, 1.82) is 0 Å². The minimum absolute atomic E-state index is 0.132. The van der Waals surface area contributed by atoms with E-state index in [1.807, 2.05) is 6.07 Å². The maximum Gasteiger partial charge on any atom is 0.341 e. The maximum atomic E-state index is 13.2. The van der Waals surface area contributed by atoms with Crippen LogP contribution in [0.15, 0.2) is 83.8 Å². The highest BCUT2D eigenvalue weighted by Gasteiger charge is 2.28. The topological polar surface area (TPSA) is 114 Å². The number of amides is 3. The van der Waals surface area contributed by atoms with Crippen molar-refractivity contribution in [2.75, 3.05) is 22.6 Å². The van der Waals surface area contributed by atoms with Crippen LogP contribution in [0.5, 0.6) is 0 Å². The van der Waals surface area contributed by atoms with E-state index < -0.39 is 28.9 Å². The Morgan fingerprint density at radius 1 is 0.881 bits per heavy atom. The summed E-state index contributed by atoms with van der Waals surface area (Å²) >= 11 is 2.25. The van der Waals surface area contributed by atoms with Gasteiger partial charge in [0.1, 0.15) is 10.8 Å². The van der Waals surface area contributed by atoms with Gasteiger partial charge in [-0.25, -0.2) is 9.18 Å². The van der Waals surface area contributed by atoms with Gasteiger partial charge in [0.2, 0.25) is 5.91 Å². The summed E-state index contributed by atoms with van der Waals surface area (Å²) < 4.78 is 18.4. The number of carbonyl (C=O) groups is 4. The van der Waals surface area contributed by atoms with Crippen molar-refractivity contribution in [2.45, 2.75) is 30.9 Å². The monoisotopic (exact) mass is 605 g/mol. The number of hydrogen-bond acceptors (Lipinski definition) is 7. The normalized spacial score (nSPS) is 11.3. The molecule has 0 bridgehead atoms. The Morgan fingerprint density at radius 3 is 2.24 bits per heavy atom. The third-order valence-electron chi connectivity index (χ3n) is 5.98. The largest absolute Gasteiger partial charge is 0.462 e. The number of carbonyl (C=O) groups excluding carboxylic acids is 4. The van der Waals surface area contributed by atoms with Gasteiger partial charge in [-0.2, -0.15) is 0 Å². The Morgan fingerprint density at radius 2 is 1.55 bits per heavy atom. The first-order valence-corrected chi connectivity index (χ1v) is 14.7. The molecule has 3 aromatic carbocycles. The molecule has 42 heavy (non-hydrogen) atoms. The minimum Gasteiger partial charge on any atom is -0.462 e. The van der Waals surface area contributed by atoms with Crippen molar-refractivity contribution in [3.8, 4) is 0 Å². The van der Waals surface area contributed by atoms with Gasteiger partial charge in [0, 0.05) is 21.8 Å². The summed E-state index contributed by atoms with van der Waals surface area (Å²) in [5, 5.41) is 7.99.